The topological polar surface area (TPSA) is 58.6 Å². The van der Waals surface area contributed by atoms with Gasteiger partial charge in [-0.25, -0.2) is 0 Å². The molecule has 2 aliphatic rings. The molecule has 0 aliphatic heterocycles. The molecule has 0 heterocycles. The maximum absolute atomic E-state index is 12.8. The van der Waals surface area contributed by atoms with E-state index in [1.54, 1.807) is 0 Å². The smallest absolute Gasteiger partial charge is 0.254 e. The van der Waals surface area contributed by atoms with Crippen LogP contribution in [0.5, 0.6) is 0 Å². The molecule has 3 unspecified atom stereocenters. The van der Waals surface area contributed by atoms with Crippen LogP contribution in [-0.4, -0.2) is 29.3 Å². The standard InChI is InChI=1S/C19H27NO3/c21-17-13-7-6-12-16(17)20-19(22)18(14-8-2-1-3-9-14)23-15-10-4-5-11-15/h1-3,8-9,15-18,21H,4-7,10-13H2,(H,20,22). The van der Waals surface area contributed by atoms with Gasteiger partial charge in [-0.3, -0.25) is 4.79 Å². The number of nitrogens with one attached hydrogen (secondary N) is 1. The minimum Gasteiger partial charge on any atom is -0.391 e. The molecule has 4 nitrogen and oxygen atoms in total. The summed E-state index contributed by atoms with van der Waals surface area (Å²) in [6, 6.07) is 9.55. The van der Waals surface area contributed by atoms with Crippen LogP contribution in [-0.2, 0) is 9.53 Å². The van der Waals surface area contributed by atoms with E-state index in [1.807, 2.05) is 30.3 Å². The van der Waals surface area contributed by atoms with Crippen LogP contribution in [0, 0.1) is 0 Å². The molecular weight excluding hydrogens is 290 g/mol. The molecule has 4 heteroatoms. The van der Waals surface area contributed by atoms with Crippen LogP contribution in [0.1, 0.15) is 63.0 Å². The third kappa shape index (κ3) is 4.33. The Bertz CT molecular complexity index is 499. The second-order valence-electron chi connectivity index (χ2n) is 6.80. The van der Waals surface area contributed by atoms with Crippen molar-refractivity contribution < 1.29 is 14.6 Å². The summed E-state index contributed by atoms with van der Waals surface area (Å²) in [5, 5.41) is 13.1. The van der Waals surface area contributed by atoms with E-state index in [9.17, 15) is 9.90 Å². The van der Waals surface area contributed by atoms with Gasteiger partial charge < -0.3 is 15.2 Å². The Morgan fingerprint density at radius 1 is 1.04 bits per heavy atom. The molecule has 1 aromatic rings. The third-order valence-corrected chi connectivity index (χ3v) is 5.03. The summed E-state index contributed by atoms with van der Waals surface area (Å²) in [7, 11) is 0. The van der Waals surface area contributed by atoms with Crippen molar-refractivity contribution in [3.8, 4) is 0 Å². The lowest BCUT2D eigenvalue weighted by Crippen LogP contribution is -2.47. The van der Waals surface area contributed by atoms with Crippen molar-refractivity contribution in [3.63, 3.8) is 0 Å². The highest BCUT2D eigenvalue weighted by molar-refractivity contribution is 5.82. The van der Waals surface area contributed by atoms with E-state index in [-0.39, 0.29) is 18.1 Å². The number of hydrogen-bond acceptors (Lipinski definition) is 3. The average Bonchev–Trinajstić information content (AvgIpc) is 3.09. The molecule has 0 bridgehead atoms. The van der Waals surface area contributed by atoms with Crippen molar-refractivity contribution >= 4 is 5.91 Å². The maximum Gasteiger partial charge on any atom is 0.254 e. The third-order valence-electron chi connectivity index (χ3n) is 5.03. The number of aliphatic hydroxyl groups is 1. The molecule has 1 aromatic carbocycles. The lowest BCUT2D eigenvalue weighted by molar-refractivity contribution is -0.139. The van der Waals surface area contributed by atoms with Crippen LogP contribution in [0.15, 0.2) is 30.3 Å². The van der Waals surface area contributed by atoms with Crippen LogP contribution in [0.4, 0.5) is 0 Å². The largest absolute Gasteiger partial charge is 0.391 e. The van der Waals surface area contributed by atoms with Crippen molar-refractivity contribution in [3.05, 3.63) is 35.9 Å². The first kappa shape index (κ1) is 16.5. The first-order valence-corrected chi connectivity index (χ1v) is 8.93. The Kier molecular flexibility index (Phi) is 5.68. The molecule has 2 saturated carbocycles. The summed E-state index contributed by atoms with van der Waals surface area (Å²) in [5.41, 5.74) is 0.891. The molecule has 1 amide bonds. The SMILES string of the molecule is O=C(NC1CCCCC1O)C(OC1CCCC1)c1ccccc1. The Hall–Kier alpha value is -1.39. The number of rotatable bonds is 5. The fourth-order valence-electron chi connectivity index (χ4n) is 3.67. The van der Waals surface area contributed by atoms with Gasteiger partial charge in [0, 0.05) is 0 Å². The van der Waals surface area contributed by atoms with Gasteiger partial charge in [0.15, 0.2) is 6.10 Å². The monoisotopic (exact) mass is 317 g/mol. The number of amides is 1. The molecular formula is C19H27NO3. The maximum atomic E-state index is 12.8. The first-order valence-electron chi connectivity index (χ1n) is 8.93. The summed E-state index contributed by atoms with van der Waals surface area (Å²) in [6.45, 7) is 0. The lowest BCUT2D eigenvalue weighted by Gasteiger charge is -2.30. The van der Waals surface area contributed by atoms with Crippen molar-refractivity contribution in [2.24, 2.45) is 0 Å². The second-order valence-corrected chi connectivity index (χ2v) is 6.80. The van der Waals surface area contributed by atoms with E-state index < -0.39 is 12.2 Å². The molecule has 0 aromatic heterocycles. The van der Waals surface area contributed by atoms with Crippen LogP contribution >= 0.6 is 0 Å². The van der Waals surface area contributed by atoms with E-state index in [1.165, 1.54) is 12.8 Å². The van der Waals surface area contributed by atoms with Crippen LogP contribution < -0.4 is 5.32 Å². The number of benzene rings is 1. The quantitative estimate of drug-likeness (QED) is 0.877. The van der Waals surface area contributed by atoms with Gasteiger partial charge in [0.25, 0.3) is 5.91 Å². The van der Waals surface area contributed by atoms with Crippen LogP contribution in [0.3, 0.4) is 0 Å². The van der Waals surface area contributed by atoms with Crippen molar-refractivity contribution in [1.82, 2.24) is 5.32 Å². The zero-order chi connectivity index (χ0) is 16.1. The van der Waals surface area contributed by atoms with Gasteiger partial charge in [-0.1, -0.05) is 56.0 Å². The van der Waals surface area contributed by atoms with Gasteiger partial charge in [0.1, 0.15) is 0 Å². The molecule has 3 atom stereocenters. The zero-order valence-electron chi connectivity index (χ0n) is 13.6. The molecule has 0 saturated heterocycles. The number of hydrogen-bond donors (Lipinski definition) is 2. The fourth-order valence-corrected chi connectivity index (χ4v) is 3.67. The van der Waals surface area contributed by atoms with Crippen molar-refractivity contribution in [1.29, 1.82) is 0 Å². The molecule has 126 valence electrons. The summed E-state index contributed by atoms with van der Waals surface area (Å²) in [6.07, 6.45) is 7.28. The number of aliphatic hydroxyl groups excluding tert-OH is 1. The molecule has 0 radical (unpaired) electrons. The van der Waals surface area contributed by atoms with Gasteiger partial charge >= 0.3 is 0 Å². The van der Waals surface area contributed by atoms with Gasteiger partial charge in [-0.2, -0.15) is 0 Å². The summed E-state index contributed by atoms with van der Waals surface area (Å²) < 4.78 is 6.14. The number of ether oxygens (including phenoxy) is 1. The Labute approximate surface area is 138 Å². The lowest BCUT2D eigenvalue weighted by atomic mass is 9.92. The molecule has 2 N–H and O–H groups in total. The van der Waals surface area contributed by atoms with Crippen molar-refractivity contribution in [2.75, 3.05) is 0 Å². The molecule has 3 rings (SSSR count). The Morgan fingerprint density at radius 3 is 2.39 bits per heavy atom. The normalized spacial score (nSPS) is 26.8. The molecule has 0 spiro atoms. The molecule has 2 fully saturated rings. The van der Waals surface area contributed by atoms with Crippen LogP contribution in [0.2, 0.25) is 0 Å². The average molecular weight is 317 g/mol. The number of carbonyl (C=O) groups is 1. The minimum absolute atomic E-state index is 0.117. The van der Waals surface area contributed by atoms with Crippen molar-refractivity contribution in [2.45, 2.75) is 75.7 Å². The van der Waals surface area contributed by atoms with Gasteiger partial charge in [-0.05, 0) is 31.2 Å². The highest BCUT2D eigenvalue weighted by Gasteiger charge is 2.31. The Balaban J connectivity index is 1.69. The minimum atomic E-state index is -0.576. The predicted octanol–water partition coefficient (Wildman–Crippen LogP) is 3.11. The van der Waals surface area contributed by atoms with Gasteiger partial charge in [0.2, 0.25) is 0 Å². The van der Waals surface area contributed by atoms with E-state index >= 15 is 0 Å². The van der Waals surface area contributed by atoms with Crippen LogP contribution in [0.25, 0.3) is 0 Å². The zero-order valence-corrected chi connectivity index (χ0v) is 13.6. The van der Waals surface area contributed by atoms with E-state index in [0.29, 0.717) is 0 Å². The van der Waals surface area contributed by atoms with E-state index in [4.69, 9.17) is 4.74 Å². The second kappa shape index (κ2) is 7.93. The summed E-state index contributed by atoms with van der Waals surface area (Å²) >= 11 is 0. The van der Waals surface area contributed by atoms with Gasteiger partial charge in [-0.15, -0.1) is 0 Å². The molecule has 23 heavy (non-hydrogen) atoms. The van der Waals surface area contributed by atoms with E-state index in [0.717, 1.165) is 44.1 Å². The fraction of sp³-hybridized carbons (Fsp3) is 0.632. The Morgan fingerprint density at radius 2 is 1.70 bits per heavy atom. The van der Waals surface area contributed by atoms with Gasteiger partial charge in [0.05, 0.1) is 18.2 Å². The summed E-state index contributed by atoms with van der Waals surface area (Å²) in [4.78, 5) is 12.8. The highest BCUT2D eigenvalue weighted by atomic mass is 16.5. The first-order chi connectivity index (χ1) is 11.2. The number of carbonyl (C=O) groups excluding carboxylic acids is 1. The molecule has 2 aliphatic carbocycles. The summed E-state index contributed by atoms with van der Waals surface area (Å²) in [5.74, 6) is -0.117. The van der Waals surface area contributed by atoms with E-state index in [2.05, 4.69) is 5.32 Å². The highest BCUT2D eigenvalue weighted by Crippen LogP contribution is 2.28. The predicted molar refractivity (Wildman–Crippen MR) is 88.9 cm³/mol.